The summed E-state index contributed by atoms with van der Waals surface area (Å²) < 4.78 is 0. The summed E-state index contributed by atoms with van der Waals surface area (Å²) in [5.74, 6) is 0.0737. The third-order valence-electron chi connectivity index (χ3n) is 5.63. The zero-order valence-corrected chi connectivity index (χ0v) is 12.9. The second kappa shape index (κ2) is 5.84. The van der Waals surface area contributed by atoms with Crippen LogP contribution in [0.4, 0.5) is 0 Å². The van der Waals surface area contributed by atoms with E-state index in [1.807, 2.05) is 13.8 Å². The maximum Gasteiger partial charge on any atom is 0.236 e. The first-order valence-electron chi connectivity index (χ1n) is 8.13. The van der Waals surface area contributed by atoms with Gasteiger partial charge in [0.1, 0.15) is 0 Å². The van der Waals surface area contributed by atoms with E-state index in [-0.39, 0.29) is 11.8 Å². The topological polar surface area (TPSA) is 63.4 Å². The predicted octanol–water partition coefficient (Wildman–Crippen LogP) is 2.60. The van der Waals surface area contributed by atoms with Crippen molar-refractivity contribution in [2.75, 3.05) is 6.54 Å². The van der Waals surface area contributed by atoms with Gasteiger partial charge in [0.2, 0.25) is 11.8 Å². The van der Waals surface area contributed by atoms with Crippen LogP contribution in [0.5, 0.6) is 0 Å². The van der Waals surface area contributed by atoms with Crippen LogP contribution in [0, 0.1) is 5.41 Å². The molecule has 0 aromatic heterocycles. The highest BCUT2D eigenvalue weighted by Gasteiger charge is 2.55. The molecule has 0 atom stereocenters. The average Bonchev–Trinajstić information content (AvgIpc) is 2.64. The van der Waals surface area contributed by atoms with E-state index in [0.717, 1.165) is 38.5 Å². The highest BCUT2D eigenvalue weighted by molar-refractivity contribution is 6.06. The molecule has 1 heterocycles. The van der Waals surface area contributed by atoms with E-state index in [0.29, 0.717) is 13.0 Å². The van der Waals surface area contributed by atoms with Gasteiger partial charge in [0.05, 0.1) is 11.0 Å². The van der Waals surface area contributed by atoms with Crippen molar-refractivity contribution in [3.05, 3.63) is 0 Å². The van der Waals surface area contributed by atoms with Crippen molar-refractivity contribution in [2.45, 2.75) is 77.2 Å². The first-order valence-corrected chi connectivity index (χ1v) is 8.13. The summed E-state index contributed by atoms with van der Waals surface area (Å²) in [4.78, 5) is 27.1. The van der Waals surface area contributed by atoms with Crippen LogP contribution in [-0.2, 0) is 9.59 Å². The van der Waals surface area contributed by atoms with Crippen LogP contribution < -0.4 is 5.73 Å². The number of hydrogen-bond donors (Lipinski definition) is 1. The lowest BCUT2D eigenvalue weighted by atomic mass is 9.78. The molecule has 4 nitrogen and oxygen atoms in total. The minimum Gasteiger partial charge on any atom is -0.328 e. The molecule has 2 N–H and O–H groups in total. The molecule has 1 saturated carbocycles. The van der Waals surface area contributed by atoms with Gasteiger partial charge in [0.25, 0.3) is 0 Å². The van der Waals surface area contributed by atoms with Crippen molar-refractivity contribution in [3.8, 4) is 0 Å². The SMILES string of the molecule is CCC(CC)(CN)N1C(=O)CC2(CCCCCC2)C1=O. The molecule has 0 unspecified atom stereocenters. The van der Waals surface area contributed by atoms with Crippen LogP contribution >= 0.6 is 0 Å². The van der Waals surface area contributed by atoms with Crippen molar-refractivity contribution < 1.29 is 9.59 Å². The van der Waals surface area contributed by atoms with E-state index >= 15 is 0 Å². The molecular formula is C16H28N2O2. The number of likely N-dealkylation sites (tertiary alicyclic amines) is 1. The summed E-state index contributed by atoms with van der Waals surface area (Å²) in [6, 6.07) is 0. The lowest BCUT2D eigenvalue weighted by Crippen LogP contribution is -2.56. The Hall–Kier alpha value is -0.900. The van der Waals surface area contributed by atoms with Crippen LogP contribution in [0.3, 0.4) is 0 Å². The van der Waals surface area contributed by atoms with Gasteiger partial charge in [0, 0.05) is 13.0 Å². The molecule has 1 spiro atoms. The molecule has 1 aliphatic carbocycles. The maximum atomic E-state index is 13.0. The molecule has 0 radical (unpaired) electrons. The Balaban J connectivity index is 2.32. The molecule has 1 saturated heterocycles. The standard InChI is InChI=1S/C16H28N2O2/c1-3-16(4-2,12-17)18-13(19)11-15(14(18)20)9-7-5-6-8-10-15/h3-12,17H2,1-2H3. The molecule has 0 aromatic carbocycles. The smallest absolute Gasteiger partial charge is 0.236 e. The fourth-order valence-corrected chi connectivity index (χ4v) is 4.02. The molecular weight excluding hydrogens is 252 g/mol. The largest absolute Gasteiger partial charge is 0.328 e. The van der Waals surface area contributed by atoms with Gasteiger partial charge in [0.15, 0.2) is 0 Å². The first-order chi connectivity index (χ1) is 9.55. The number of carbonyl (C=O) groups excluding carboxylic acids is 2. The zero-order chi connectivity index (χ0) is 14.8. The molecule has 2 rings (SSSR count). The van der Waals surface area contributed by atoms with Gasteiger partial charge in [-0.25, -0.2) is 0 Å². The van der Waals surface area contributed by atoms with Gasteiger partial charge in [-0.2, -0.15) is 0 Å². The van der Waals surface area contributed by atoms with Crippen LogP contribution in [-0.4, -0.2) is 28.8 Å². The second-order valence-electron chi connectivity index (χ2n) is 6.54. The Kier molecular flexibility index (Phi) is 4.52. The first kappa shape index (κ1) is 15.5. The molecule has 2 amide bonds. The molecule has 20 heavy (non-hydrogen) atoms. The number of nitrogens with two attached hydrogens (primary N) is 1. The molecule has 0 aromatic rings. The lowest BCUT2D eigenvalue weighted by Gasteiger charge is -2.39. The number of carbonyl (C=O) groups is 2. The van der Waals surface area contributed by atoms with Gasteiger partial charge < -0.3 is 5.73 Å². The summed E-state index contributed by atoms with van der Waals surface area (Å²) in [6.07, 6.45) is 8.17. The van der Waals surface area contributed by atoms with E-state index in [2.05, 4.69) is 0 Å². The summed E-state index contributed by atoms with van der Waals surface area (Å²) in [5, 5.41) is 0. The highest BCUT2D eigenvalue weighted by atomic mass is 16.2. The van der Waals surface area contributed by atoms with Crippen molar-refractivity contribution in [1.82, 2.24) is 4.90 Å². The van der Waals surface area contributed by atoms with E-state index in [1.165, 1.54) is 12.8 Å². The summed E-state index contributed by atoms with van der Waals surface area (Å²) in [7, 11) is 0. The Morgan fingerprint density at radius 3 is 2.10 bits per heavy atom. The Morgan fingerprint density at radius 2 is 1.65 bits per heavy atom. The Morgan fingerprint density at radius 1 is 1.10 bits per heavy atom. The van der Waals surface area contributed by atoms with Gasteiger partial charge >= 0.3 is 0 Å². The Bertz CT molecular complexity index is 372. The quantitative estimate of drug-likeness (QED) is 0.805. The summed E-state index contributed by atoms with van der Waals surface area (Å²) >= 11 is 0. The molecule has 2 aliphatic rings. The van der Waals surface area contributed by atoms with Crippen LogP contribution in [0.1, 0.15) is 71.6 Å². The zero-order valence-electron chi connectivity index (χ0n) is 12.9. The minimum atomic E-state index is -0.468. The molecule has 114 valence electrons. The Labute approximate surface area is 122 Å². The summed E-state index contributed by atoms with van der Waals surface area (Å²) in [5.41, 5.74) is 5.06. The normalized spacial score (nSPS) is 23.4. The minimum absolute atomic E-state index is 0.00560. The van der Waals surface area contributed by atoms with Gasteiger partial charge in [-0.1, -0.05) is 39.5 Å². The van der Waals surface area contributed by atoms with E-state index in [4.69, 9.17) is 5.73 Å². The maximum absolute atomic E-state index is 13.0. The number of hydrogen-bond acceptors (Lipinski definition) is 3. The van der Waals surface area contributed by atoms with Crippen LogP contribution in [0.25, 0.3) is 0 Å². The number of amides is 2. The third-order valence-corrected chi connectivity index (χ3v) is 5.63. The van der Waals surface area contributed by atoms with Crippen molar-refractivity contribution in [3.63, 3.8) is 0 Å². The van der Waals surface area contributed by atoms with E-state index in [1.54, 1.807) is 4.90 Å². The molecule has 1 aliphatic heterocycles. The predicted molar refractivity (Wildman–Crippen MR) is 79.0 cm³/mol. The van der Waals surface area contributed by atoms with Crippen molar-refractivity contribution in [1.29, 1.82) is 0 Å². The monoisotopic (exact) mass is 280 g/mol. The van der Waals surface area contributed by atoms with Crippen molar-refractivity contribution >= 4 is 11.8 Å². The molecule has 4 heteroatoms. The number of nitrogens with zero attached hydrogens (tertiary/aromatic N) is 1. The number of rotatable bonds is 4. The lowest BCUT2D eigenvalue weighted by molar-refractivity contribution is -0.149. The molecule has 2 fully saturated rings. The highest BCUT2D eigenvalue weighted by Crippen LogP contribution is 2.47. The average molecular weight is 280 g/mol. The second-order valence-corrected chi connectivity index (χ2v) is 6.54. The van der Waals surface area contributed by atoms with Crippen LogP contribution in [0.2, 0.25) is 0 Å². The van der Waals surface area contributed by atoms with E-state index in [9.17, 15) is 9.59 Å². The van der Waals surface area contributed by atoms with Gasteiger partial charge in [-0.05, 0) is 25.7 Å². The van der Waals surface area contributed by atoms with Crippen molar-refractivity contribution in [2.24, 2.45) is 11.1 Å². The van der Waals surface area contributed by atoms with Gasteiger partial charge in [-0.3, -0.25) is 14.5 Å². The van der Waals surface area contributed by atoms with Crippen LogP contribution in [0.15, 0.2) is 0 Å². The van der Waals surface area contributed by atoms with Gasteiger partial charge in [-0.15, -0.1) is 0 Å². The number of imide groups is 1. The molecule has 0 bridgehead atoms. The fraction of sp³-hybridized carbons (Fsp3) is 0.875. The summed E-state index contributed by atoms with van der Waals surface area (Å²) in [6.45, 7) is 4.41. The fourth-order valence-electron chi connectivity index (χ4n) is 4.02. The van der Waals surface area contributed by atoms with E-state index < -0.39 is 11.0 Å². The third kappa shape index (κ3) is 2.28.